The van der Waals surface area contributed by atoms with Crippen LogP contribution in [0.4, 0.5) is 0 Å². The van der Waals surface area contributed by atoms with Gasteiger partial charge in [-0.2, -0.15) is 0 Å². The Morgan fingerprint density at radius 2 is 0.818 bits per heavy atom. The summed E-state index contributed by atoms with van der Waals surface area (Å²) >= 11 is 0. The lowest BCUT2D eigenvalue weighted by Gasteiger charge is -2.41. The van der Waals surface area contributed by atoms with Crippen molar-refractivity contribution in [2.45, 2.75) is 50.9 Å². The van der Waals surface area contributed by atoms with Gasteiger partial charge >= 0.3 is 15.2 Å². The third-order valence-corrected chi connectivity index (χ3v) is 12.8. The summed E-state index contributed by atoms with van der Waals surface area (Å²) in [6.07, 6.45) is 0.299. The lowest BCUT2D eigenvalue weighted by molar-refractivity contribution is 0.0666. The molecule has 1 heterocycles. The molecule has 1 aliphatic heterocycles. The first kappa shape index (κ1) is 32.5. The van der Waals surface area contributed by atoms with E-state index in [1.54, 1.807) is 4.90 Å². The number of piperidine rings is 1. The van der Waals surface area contributed by atoms with E-state index >= 15 is 9.13 Å². The molecular weight excluding hydrogens is 596 g/mol. The third kappa shape index (κ3) is 9.07. The van der Waals surface area contributed by atoms with Crippen LogP contribution in [0.3, 0.4) is 0 Å². The second-order valence-corrected chi connectivity index (χ2v) is 15.3. The van der Waals surface area contributed by atoms with E-state index in [0.717, 1.165) is 22.3 Å². The van der Waals surface area contributed by atoms with Crippen molar-refractivity contribution in [2.24, 2.45) is 0 Å². The normalized spacial score (nSPS) is 15.0. The van der Waals surface area contributed by atoms with Crippen LogP contribution >= 0.6 is 15.2 Å². The highest BCUT2D eigenvalue weighted by Crippen LogP contribution is 2.72. The number of hydrogen-bond acceptors (Lipinski definition) is 8. The summed E-state index contributed by atoms with van der Waals surface area (Å²) in [6, 6.07) is 37.4. The molecule has 4 aromatic carbocycles. The van der Waals surface area contributed by atoms with Crippen molar-refractivity contribution in [3.8, 4) is 0 Å². The average Bonchev–Trinajstić information content (AvgIpc) is 3.08. The van der Waals surface area contributed by atoms with Crippen molar-refractivity contribution in [1.82, 2.24) is 4.90 Å². The van der Waals surface area contributed by atoms with E-state index in [0.29, 0.717) is 25.9 Å². The SMILES string of the molecule is O=P(OCc1ccccc1)(OCc1ccccc1)C(N1CCC(O)CC1)P(=O)(OCc1ccccc1)OCc1ccccc1. The molecule has 0 saturated carbocycles. The highest BCUT2D eigenvalue weighted by molar-refractivity contribution is 7.72. The molecule has 4 aromatic rings. The Morgan fingerprint density at radius 3 is 1.09 bits per heavy atom. The lowest BCUT2D eigenvalue weighted by atomic mass is 10.1. The number of likely N-dealkylation sites (tertiary alicyclic amines) is 1. The van der Waals surface area contributed by atoms with E-state index in [1.165, 1.54) is 0 Å². The van der Waals surface area contributed by atoms with Crippen LogP contribution in [0.2, 0.25) is 0 Å². The van der Waals surface area contributed by atoms with Gasteiger partial charge in [-0.25, -0.2) is 0 Å². The van der Waals surface area contributed by atoms with E-state index in [1.807, 2.05) is 121 Å². The van der Waals surface area contributed by atoms with Gasteiger partial charge in [-0.15, -0.1) is 0 Å². The molecule has 0 bridgehead atoms. The lowest BCUT2D eigenvalue weighted by Crippen LogP contribution is -2.43. The maximum absolute atomic E-state index is 15.2. The average molecular weight is 636 g/mol. The minimum absolute atomic E-state index is 0.0305. The molecule has 8 nitrogen and oxygen atoms in total. The van der Waals surface area contributed by atoms with Gasteiger partial charge in [0.25, 0.3) is 0 Å². The fourth-order valence-electron chi connectivity index (χ4n) is 4.99. The van der Waals surface area contributed by atoms with Gasteiger partial charge in [0.15, 0.2) is 0 Å². The first-order valence-electron chi connectivity index (χ1n) is 14.8. The Morgan fingerprint density at radius 1 is 0.545 bits per heavy atom. The smallest absolute Gasteiger partial charge is 0.360 e. The fourth-order valence-corrected chi connectivity index (χ4v) is 10.4. The predicted molar refractivity (Wildman–Crippen MR) is 171 cm³/mol. The number of nitrogens with zero attached hydrogens (tertiary/aromatic N) is 1. The highest BCUT2D eigenvalue weighted by Gasteiger charge is 2.55. The number of aliphatic hydroxyl groups excluding tert-OH is 1. The van der Waals surface area contributed by atoms with Crippen LogP contribution in [0.5, 0.6) is 0 Å². The maximum Gasteiger partial charge on any atom is 0.360 e. The van der Waals surface area contributed by atoms with E-state index in [4.69, 9.17) is 18.1 Å². The molecule has 0 aliphatic carbocycles. The second kappa shape index (κ2) is 15.9. The molecule has 232 valence electrons. The summed E-state index contributed by atoms with van der Waals surface area (Å²) in [5.74, 6) is 0. The Balaban J connectivity index is 1.54. The zero-order valence-electron chi connectivity index (χ0n) is 24.6. The number of aliphatic hydroxyl groups is 1. The fraction of sp³-hybridized carbons (Fsp3) is 0.294. The topological polar surface area (TPSA) is 94.5 Å². The molecule has 1 fully saturated rings. The summed E-state index contributed by atoms with van der Waals surface area (Å²) in [5.41, 5.74) is 1.77. The zero-order valence-corrected chi connectivity index (χ0v) is 26.4. The Labute approximate surface area is 259 Å². The van der Waals surface area contributed by atoms with Crippen molar-refractivity contribution < 1.29 is 32.3 Å². The molecule has 5 rings (SSSR count). The Kier molecular flexibility index (Phi) is 11.7. The van der Waals surface area contributed by atoms with Gasteiger partial charge in [0.2, 0.25) is 5.52 Å². The summed E-state index contributed by atoms with van der Waals surface area (Å²) in [4.78, 5) is 1.79. The van der Waals surface area contributed by atoms with Crippen molar-refractivity contribution in [2.75, 3.05) is 13.1 Å². The van der Waals surface area contributed by atoms with Gasteiger partial charge < -0.3 is 23.2 Å². The highest BCUT2D eigenvalue weighted by atomic mass is 31.2. The van der Waals surface area contributed by atoms with E-state index < -0.39 is 26.8 Å². The Bertz CT molecular complexity index is 1300. The minimum Gasteiger partial charge on any atom is -0.393 e. The molecule has 1 saturated heterocycles. The summed E-state index contributed by atoms with van der Waals surface area (Å²) in [7, 11) is -8.56. The number of benzene rings is 4. The third-order valence-electron chi connectivity index (χ3n) is 7.41. The molecule has 0 unspecified atom stereocenters. The van der Waals surface area contributed by atoms with Gasteiger partial charge in [-0.3, -0.25) is 14.0 Å². The standard InChI is InChI=1S/C34H39NO7P2/c36-33-21-23-35(24-22-33)34(43(37,39-25-29-13-5-1-6-14-29)40-26-30-15-7-2-8-16-30)44(38,41-27-31-17-9-3-10-18-31)42-28-32-19-11-4-12-20-32/h1-20,33-34,36H,21-28H2. The van der Waals surface area contributed by atoms with Crippen LogP contribution in [-0.4, -0.2) is 34.7 Å². The molecule has 0 amide bonds. The maximum atomic E-state index is 15.2. The molecule has 10 heteroatoms. The molecule has 0 atom stereocenters. The van der Waals surface area contributed by atoms with Gasteiger partial charge in [0.05, 0.1) is 32.5 Å². The molecule has 1 aliphatic rings. The molecule has 1 N–H and O–H groups in total. The first-order valence-corrected chi connectivity index (χ1v) is 18.0. The molecule has 44 heavy (non-hydrogen) atoms. The quantitative estimate of drug-likeness (QED) is 0.132. The summed E-state index contributed by atoms with van der Waals surface area (Å²) < 4.78 is 55.4. The Hall–Kier alpha value is -2.90. The summed E-state index contributed by atoms with van der Waals surface area (Å²) in [6.45, 7) is 0.502. The van der Waals surface area contributed by atoms with E-state index in [-0.39, 0.29) is 26.4 Å². The van der Waals surface area contributed by atoms with Crippen LogP contribution in [0, 0.1) is 0 Å². The van der Waals surface area contributed by atoms with Crippen molar-refractivity contribution in [3.63, 3.8) is 0 Å². The number of hydrogen-bond donors (Lipinski definition) is 1. The van der Waals surface area contributed by atoms with Crippen molar-refractivity contribution in [1.29, 1.82) is 0 Å². The second-order valence-electron chi connectivity index (χ2n) is 10.7. The largest absolute Gasteiger partial charge is 0.393 e. The van der Waals surface area contributed by atoms with Gasteiger partial charge in [-0.1, -0.05) is 121 Å². The van der Waals surface area contributed by atoms with Crippen LogP contribution in [-0.2, 0) is 53.7 Å². The molecule has 0 spiro atoms. The van der Waals surface area contributed by atoms with E-state index in [9.17, 15) is 5.11 Å². The zero-order chi connectivity index (χ0) is 30.7. The van der Waals surface area contributed by atoms with E-state index in [2.05, 4.69) is 0 Å². The molecule has 0 aromatic heterocycles. The summed E-state index contributed by atoms with van der Waals surface area (Å²) in [5, 5.41) is 10.3. The monoisotopic (exact) mass is 635 g/mol. The van der Waals surface area contributed by atoms with Crippen LogP contribution in [0.1, 0.15) is 35.1 Å². The molecular formula is C34H39NO7P2. The van der Waals surface area contributed by atoms with Crippen molar-refractivity contribution >= 4 is 15.2 Å². The van der Waals surface area contributed by atoms with Gasteiger partial charge in [-0.05, 0) is 35.1 Å². The minimum atomic E-state index is -4.28. The van der Waals surface area contributed by atoms with Crippen LogP contribution in [0.15, 0.2) is 121 Å². The molecule has 0 radical (unpaired) electrons. The predicted octanol–water partition coefficient (Wildman–Crippen LogP) is 7.98. The van der Waals surface area contributed by atoms with Crippen LogP contribution in [0.25, 0.3) is 0 Å². The van der Waals surface area contributed by atoms with Gasteiger partial charge in [0, 0.05) is 13.1 Å². The van der Waals surface area contributed by atoms with Crippen molar-refractivity contribution in [3.05, 3.63) is 144 Å². The van der Waals surface area contributed by atoms with Crippen LogP contribution < -0.4 is 0 Å². The number of rotatable bonds is 15. The first-order chi connectivity index (χ1) is 21.4. The van der Waals surface area contributed by atoms with Gasteiger partial charge in [0.1, 0.15) is 0 Å².